The molecule has 9 heteroatoms. The lowest BCUT2D eigenvalue weighted by Gasteiger charge is -2.43. The number of esters is 2. The number of benzene rings is 3. The second-order valence-electron chi connectivity index (χ2n) is 9.52. The van der Waals surface area contributed by atoms with Crippen LogP contribution in [0.1, 0.15) is 36.0 Å². The number of carbonyl (C=O) groups excluding carboxylic acids is 3. The van der Waals surface area contributed by atoms with Gasteiger partial charge in [0.2, 0.25) is 0 Å². The predicted octanol–water partition coefficient (Wildman–Crippen LogP) is 4.12. The van der Waals surface area contributed by atoms with Crippen LogP contribution in [0.15, 0.2) is 84.9 Å². The zero-order valence-corrected chi connectivity index (χ0v) is 20.7. The first kappa shape index (κ1) is 26.7. The quantitative estimate of drug-likeness (QED) is 0.204. The topological polar surface area (TPSA) is 133 Å². The highest BCUT2D eigenvalue weighted by molar-refractivity contribution is 6.02. The number of hydrogen-bond donors (Lipinski definition) is 1. The Bertz CT molecular complexity index is 1310. The predicted molar refractivity (Wildman–Crippen MR) is 136 cm³/mol. The first-order valence-electron chi connectivity index (χ1n) is 12.1. The Balaban J connectivity index is 1.68. The minimum Gasteiger partial charge on any atom is -0.461 e. The van der Waals surface area contributed by atoms with Gasteiger partial charge in [-0.2, -0.15) is 0 Å². The van der Waals surface area contributed by atoms with Crippen molar-refractivity contribution in [3.63, 3.8) is 0 Å². The van der Waals surface area contributed by atoms with Gasteiger partial charge in [0.1, 0.15) is 19.1 Å². The molecule has 1 aliphatic rings. The van der Waals surface area contributed by atoms with E-state index in [-0.39, 0.29) is 18.9 Å². The number of nitro benzene ring substituents is 1. The molecule has 0 unspecified atom stereocenters. The molecule has 0 aliphatic heterocycles. The van der Waals surface area contributed by atoms with Crippen molar-refractivity contribution in [2.75, 3.05) is 0 Å². The molecule has 1 N–H and O–H groups in total. The largest absolute Gasteiger partial charge is 0.461 e. The first-order valence-corrected chi connectivity index (χ1v) is 12.1. The first-order chi connectivity index (χ1) is 18.2. The number of nitro groups is 1. The Morgan fingerprint density at radius 2 is 1.39 bits per heavy atom. The fourth-order valence-electron chi connectivity index (χ4n) is 4.87. The van der Waals surface area contributed by atoms with Crippen LogP contribution < -0.4 is 0 Å². The van der Waals surface area contributed by atoms with Crippen LogP contribution in [0, 0.1) is 22.0 Å². The molecule has 1 aliphatic carbocycles. The van der Waals surface area contributed by atoms with Crippen LogP contribution in [0.4, 0.5) is 5.69 Å². The Kier molecular flexibility index (Phi) is 7.97. The van der Waals surface area contributed by atoms with E-state index >= 15 is 0 Å². The average Bonchev–Trinajstić information content (AvgIpc) is 2.90. The summed E-state index contributed by atoms with van der Waals surface area (Å²) in [5.41, 5.74) is -0.311. The number of ether oxygens (including phenoxy) is 2. The minimum atomic E-state index is -1.84. The average molecular weight is 518 g/mol. The van der Waals surface area contributed by atoms with Crippen LogP contribution in [-0.4, -0.2) is 33.4 Å². The van der Waals surface area contributed by atoms with Gasteiger partial charge in [0, 0.05) is 24.5 Å². The van der Waals surface area contributed by atoms with Crippen LogP contribution in [0.25, 0.3) is 0 Å². The molecule has 0 spiro atoms. The van der Waals surface area contributed by atoms with E-state index in [0.717, 1.165) is 5.56 Å². The molecule has 0 saturated heterocycles. The van der Waals surface area contributed by atoms with Crippen LogP contribution in [0.2, 0.25) is 0 Å². The van der Waals surface area contributed by atoms with Gasteiger partial charge < -0.3 is 14.6 Å². The SMILES string of the molecule is C[C@]1(O)CC(=O)[C@H](C(=O)OCc2ccccc2)[C@H](c2ccc([N+](=O)[O-])cc2)[C@@H]1C(=O)OCc1ccccc1. The molecule has 3 aromatic carbocycles. The lowest BCUT2D eigenvalue weighted by Crippen LogP contribution is -2.55. The minimum absolute atomic E-state index is 0.0731. The van der Waals surface area contributed by atoms with E-state index in [1.165, 1.54) is 31.2 Å². The third kappa shape index (κ3) is 5.95. The zero-order chi connectivity index (χ0) is 27.3. The van der Waals surface area contributed by atoms with Crippen molar-refractivity contribution >= 4 is 23.4 Å². The summed E-state index contributed by atoms with van der Waals surface area (Å²) in [6, 6.07) is 23.1. The van der Waals surface area contributed by atoms with Crippen LogP contribution in [0.3, 0.4) is 0 Å². The van der Waals surface area contributed by atoms with Gasteiger partial charge in [-0.3, -0.25) is 24.5 Å². The molecule has 9 nitrogen and oxygen atoms in total. The number of aliphatic hydroxyl groups is 1. The van der Waals surface area contributed by atoms with Crippen molar-refractivity contribution in [2.45, 2.75) is 38.1 Å². The summed E-state index contributed by atoms with van der Waals surface area (Å²) in [7, 11) is 0. The molecule has 196 valence electrons. The number of hydrogen-bond acceptors (Lipinski definition) is 8. The van der Waals surface area contributed by atoms with Crippen LogP contribution >= 0.6 is 0 Å². The maximum absolute atomic E-state index is 13.4. The van der Waals surface area contributed by atoms with E-state index in [2.05, 4.69) is 0 Å². The number of rotatable bonds is 8. The highest BCUT2D eigenvalue weighted by atomic mass is 16.6. The standard InChI is InChI=1S/C29H27NO8/c1-29(34)16-23(31)25(27(32)37-17-19-8-4-2-5-9-19)24(21-12-14-22(15-13-21)30(35)36)26(29)28(33)38-18-20-10-6-3-7-11-20/h2-15,24-26,34H,16-18H2,1H3/t24-,25-,26+,29-/m0/s1. The molecular weight excluding hydrogens is 490 g/mol. The van der Waals surface area contributed by atoms with Gasteiger partial charge in [-0.1, -0.05) is 72.8 Å². The summed E-state index contributed by atoms with van der Waals surface area (Å²) in [6.45, 7) is 1.19. The Morgan fingerprint density at radius 1 is 0.895 bits per heavy atom. The summed E-state index contributed by atoms with van der Waals surface area (Å²) in [5.74, 6) is -6.15. The Morgan fingerprint density at radius 3 is 1.89 bits per heavy atom. The zero-order valence-electron chi connectivity index (χ0n) is 20.7. The molecule has 0 amide bonds. The van der Waals surface area contributed by atoms with E-state index in [4.69, 9.17) is 9.47 Å². The fraction of sp³-hybridized carbons (Fsp3) is 0.276. The molecule has 0 bridgehead atoms. The number of Topliss-reactive ketones (excluding diaryl/α,β-unsaturated/α-hetero) is 1. The molecule has 3 aromatic rings. The van der Waals surface area contributed by atoms with Crippen molar-refractivity contribution in [3.8, 4) is 0 Å². The number of carbonyl (C=O) groups is 3. The molecule has 1 saturated carbocycles. The molecule has 4 rings (SSSR count). The van der Waals surface area contributed by atoms with Gasteiger partial charge in [-0.15, -0.1) is 0 Å². The van der Waals surface area contributed by atoms with Crippen molar-refractivity contribution in [2.24, 2.45) is 11.8 Å². The molecule has 4 atom stereocenters. The summed E-state index contributed by atoms with van der Waals surface area (Å²) < 4.78 is 11.0. The van der Waals surface area contributed by atoms with Crippen LogP contribution in [-0.2, 0) is 37.1 Å². The smallest absolute Gasteiger partial charge is 0.317 e. The van der Waals surface area contributed by atoms with Crippen molar-refractivity contribution < 1.29 is 33.9 Å². The van der Waals surface area contributed by atoms with Gasteiger partial charge in [0.05, 0.1) is 16.4 Å². The summed E-state index contributed by atoms with van der Waals surface area (Å²) in [4.78, 5) is 50.6. The maximum atomic E-state index is 13.4. The van der Waals surface area contributed by atoms with Gasteiger partial charge >= 0.3 is 11.9 Å². The van der Waals surface area contributed by atoms with E-state index in [9.17, 15) is 29.6 Å². The normalized spacial score (nSPS) is 22.9. The van der Waals surface area contributed by atoms with Crippen molar-refractivity contribution in [1.29, 1.82) is 0 Å². The molecule has 0 heterocycles. The maximum Gasteiger partial charge on any atom is 0.317 e. The highest BCUT2D eigenvalue weighted by Crippen LogP contribution is 2.47. The van der Waals surface area contributed by atoms with E-state index in [1.807, 2.05) is 12.1 Å². The number of ketones is 1. The lowest BCUT2D eigenvalue weighted by atomic mass is 9.61. The second-order valence-corrected chi connectivity index (χ2v) is 9.52. The number of nitrogens with zero attached hydrogens (tertiary/aromatic N) is 1. The van der Waals surface area contributed by atoms with Gasteiger partial charge in [-0.05, 0) is 23.6 Å². The van der Waals surface area contributed by atoms with Gasteiger partial charge in [0.15, 0.2) is 5.78 Å². The van der Waals surface area contributed by atoms with E-state index in [1.54, 1.807) is 48.5 Å². The lowest BCUT2D eigenvalue weighted by molar-refractivity contribution is -0.384. The Hall–Kier alpha value is -4.37. The summed E-state index contributed by atoms with van der Waals surface area (Å²) >= 11 is 0. The summed E-state index contributed by atoms with van der Waals surface area (Å²) in [6.07, 6.45) is -0.466. The summed E-state index contributed by atoms with van der Waals surface area (Å²) in [5, 5.41) is 22.5. The van der Waals surface area contributed by atoms with Crippen LogP contribution in [0.5, 0.6) is 0 Å². The molecular formula is C29H27NO8. The van der Waals surface area contributed by atoms with Crippen molar-refractivity contribution in [3.05, 3.63) is 112 Å². The molecule has 1 fully saturated rings. The van der Waals surface area contributed by atoms with E-state index in [0.29, 0.717) is 11.1 Å². The van der Waals surface area contributed by atoms with Crippen molar-refractivity contribution in [1.82, 2.24) is 0 Å². The third-order valence-electron chi connectivity index (χ3n) is 6.71. The molecule has 0 radical (unpaired) electrons. The third-order valence-corrected chi connectivity index (χ3v) is 6.71. The van der Waals surface area contributed by atoms with Gasteiger partial charge in [-0.25, -0.2) is 0 Å². The number of non-ortho nitro benzene ring substituents is 1. The molecule has 38 heavy (non-hydrogen) atoms. The Labute approximate surface area is 219 Å². The highest BCUT2D eigenvalue weighted by Gasteiger charge is 2.57. The fourth-order valence-corrected chi connectivity index (χ4v) is 4.87. The molecule has 0 aromatic heterocycles. The van der Waals surface area contributed by atoms with Gasteiger partial charge in [0.25, 0.3) is 5.69 Å². The van der Waals surface area contributed by atoms with E-state index < -0.39 is 52.4 Å². The monoisotopic (exact) mass is 517 g/mol. The second kappa shape index (κ2) is 11.4.